The van der Waals surface area contributed by atoms with E-state index in [4.69, 9.17) is 9.47 Å². The number of amides is 2. The molecule has 0 unspecified atom stereocenters. The highest BCUT2D eigenvalue weighted by atomic mass is 32.2. The molecule has 1 atom stereocenters. The smallest absolute Gasteiger partial charge is 0.264 e. The number of nitrogens with one attached hydrogen (secondary N) is 1. The Morgan fingerprint density at radius 3 is 2.13 bits per heavy atom. The third-order valence-corrected chi connectivity index (χ3v) is 9.06. The lowest BCUT2D eigenvalue weighted by molar-refractivity contribution is -0.139. The Bertz CT molecular complexity index is 1730. The van der Waals surface area contributed by atoms with Crippen molar-refractivity contribution in [3.8, 4) is 11.5 Å². The van der Waals surface area contributed by atoms with E-state index in [-0.39, 0.29) is 29.3 Å². The summed E-state index contributed by atoms with van der Waals surface area (Å²) in [5.74, 6) is -1.12. The molecule has 0 aliphatic rings. The van der Waals surface area contributed by atoms with Gasteiger partial charge >= 0.3 is 0 Å². The molecule has 9 nitrogen and oxygen atoms in total. The van der Waals surface area contributed by atoms with Gasteiger partial charge in [0, 0.05) is 26.1 Å². The number of nitrogens with zero attached hydrogens (tertiary/aromatic N) is 2. The number of halogens is 1. The summed E-state index contributed by atoms with van der Waals surface area (Å²) in [4.78, 5) is 28.9. The molecule has 2 amide bonds. The zero-order valence-corrected chi connectivity index (χ0v) is 26.4. The number of carbonyl (C=O) groups excluding carboxylic acids is 2. The van der Waals surface area contributed by atoms with Crippen LogP contribution >= 0.6 is 0 Å². The maximum atomic E-state index is 14.4. The van der Waals surface area contributed by atoms with E-state index >= 15 is 0 Å². The largest absolute Gasteiger partial charge is 0.493 e. The molecule has 11 heteroatoms. The number of benzene rings is 4. The Hall–Kier alpha value is -4.90. The first kappa shape index (κ1) is 33.0. The minimum absolute atomic E-state index is 0.0408. The summed E-state index contributed by atoms with van der Waals surface area (Å²) >= 11 is 0. The first-order chi connectivity index (χ1) is 21.6. The number of anilines is 1. The summed E-state index contributed by atoms with van der Waals surface area (Å²) < 4.78 is 53.8. The number of carbonyl (C=O) groups is 2. The van der Waals surface area contributed by atoms with Crippen LogP contribution in [0.4, 0.5) is 10.1 Å². The molecule has 0 aliphatic heterocycles. The molecule has 236 valence electrons. The van der Waals surface area contributed by atoms with Gasteiger partial charge in [-0.15, -0.1) is 0 Å². The second-order valence-corrected chi connectivity index (χ2v) is 12.2. The number of hydrogen-bond acceptors (Lipinski definition) is 6. The molecule has 0 bridgehead atoms. The van der Waals surface area contributed by atoms with Crippen molar-refractivity contribution in [3.05, 3.63) is 120 Å². The van der Waals surface area contributed by atoms with E-state index in [1.165, 1.54) is 56.5 Å². The third kappa shape index (κ3) is 7.98. The van der Waals surface area contributed by atoms with Crippen molar-refractivity contribution in [2.75, 3.05) is 32.1 Å². The first-order valence-electron chi connectivity index (χ1n) is 14.2. The Labute approximate surface area is 263 Å². The minimum Gasteiger partial charge on any atom is -0.493 e. The number of likely N-dealkylation sites (N-methyl/N-ethyl adjacent to an activating group) is 1. The molecule has 0 saturated heterocycles. The highest BCUT2D eigenvalue weighted by Gasteiger charge is 2.34. The van der Waals surface area contributed by atoms with Crippen molar-refractivity contribution in [1.82, 2.24) is 10.2 Å². The average molecular weight is 634 g/mol. The van der Waals surface area contributed by atoms with Crippen LogP contribution in [0.1, 0.15) is 16.7 Å². The van der Waals surface area contributed by atoms with Gasteiger partial charge in [-0.3, -0.25) is 13.9 Å². The average Bonchev–Trinajstić information content (AvgIpc) is 3.05. The molecule has 0 saturated carbocycles. The van der Waals surface area contributed by atoms with E-state index in [0.29, 0.717) is 5.75 Å². The molecule has 0 aromatic heterocycles. The number of ether oxygens (including phenoxy) is 2. The lowest BCUT2D eigenvalue weighted by Gasteiger charge is -2.33. The summed E-state index contributed by atoms with van der Waals surface area (Å²) in [5.41, 5.74) is 2.61. The summed E-state index contributed by atoms with van der Waals surface area (Å²) in [6, 6.07) is 24.7. The van der Waals surface area contributed by atoms with Crippen LogP contribution in [0.2, 0.25) is 0 Å². The number of hydrogen-bond donors (Lipinski definition) is 1. The van der Waals surface area contributed by atoms with Crippen LogP contribution in [0.25, 0.3) is 0 Å². The van der Waals surface area contributed by atoms with Gasteiger partial charge in [0.25, 0.3) is 10.0 Å². The molecular weight excluding hydrogens is 597 g/mol. The molecule has 4 aromatic rings. The molecule has 1 N–H and O–H groups in total. The summed E-state index contributed by atoms with van der Waals surface area (Å²) in [7, 11) is -0.121. The normalized spacial score (nSPS) is 11.8. The van der Waals surface area contributed by atoms with E-state index in [1.54, 1.807) is 0 Å². The third-order valence-electron chi connectivity index (χ3n) is 7.29. The van der Waals surface area contributed by atoms with E-state index in [9.17, 15) is 22.4 Å². The van der Waals surface area contributed by atoms with E-state index in [0.717, 1.165) is 33.1 Å². The minimum atomic E-state index is -4.42. The Kier molecular flexibility index (Phi) is 10.8. The maximum absolute atomic E-state index is 14.4. The van der Waals surface area contributed by atoms with Crippen LogP contribution in [0.5, 0.6) is 11.5 Å². The van der Waals surface area contributed by atoms with Crippen LogP contribution < -0.4 is 19.1 Å². The lowest BCUT2D eigenvalue weighted by atomic mass is 10.0. The van der Waals surface area contributed by atoms with Gasteiger partial charge in [0.05, 0.1) is 24.8 Å². The van der Waals surface area contributed by atoms with Crippen molar-refractivity contribution in [1.29, 1.82) is 0 Å². The molecule has 0 spiro atoms. The fraction of sp³-hybridized carbons (Fsp3) is 0.235. The first-order valence-corrected chi connectivity index (χ1v) is 15.6. The molecule has 45 heavy (non-hydrogen) atoms. The zero-order chi connectivity index (χ0) is 32.6. The monoisotopic (exact) mass is 633 g/mol. The highest BCUT2D eigenvalue weighted by Crippen LogP contribution is 2.32. The van der Waals surface area contributed by atoms with Gasteiger partial charge in [0.1, 0.15) is 18.4 Å². The van der Waals surface area contributed by atoms with Crippen molar-refractivity contribution in [2.45, 2.75) is 30.8 Å². The lowest BCUT2D eigenvalue weighted by Crippen LogP contribution is -2.53. The van der Waals surface area contributed by atoms with E-state index in [2.05, 4.69) is 5.32 Å². The second kappa shape index (κ2) is 14.7. The van der Waals surface area contributed by atoms with Crippen LogP contribution in [0.15, 0.2) is 102 Å². The van der Waals surface area contributed by atoms with Crippen LogP contribution in [-0.4, -0.2) is 59.0 Å². The highest BCUT2D eigenvalue weighted by molar-refractivity contribution is 7.92. The van der Waals surface area contributed by atoms with Crippen LogP contribution in [0, 0.1) is 12.7 Å². The quantitative estimate of drug-likeness (QED) is 0.228. The van der Waals surface area contributed by atoms with Gasteiger partial charge < -0.3 is 19.7 Å². The molecule has 4 rings (SSSR count). The second-order valence-electron chi connectivity index (χ2n) is 10.3. The van der Waals surface area contributed by atoms with Crippen molar-refractivity contribution >= 4 is 27.5 Å². The summed E-state index contributed by atoms with van der Waals surface area (Å²) in [5, 5.41) is 2.66. The molecule has 0 fully saturated rings. The molecule has 0 radical (unpaired) electrons. The Morgan fingerprint density at radius 1 is 0.844 bits per heavy atom. The fourth-order valence-corrected chi connectivity index (χ4v) is 6.40. The molecule has 0 aliphatic carbocycles. The number of methoxy groups -OCH3 is 2. The topological polar surface area (TPSA) is 105 Å². The summed E-state index contributed by atoms with van der Waals surface area (Å²) in [6.45, 7) is 1.29. The van der Waals surface area contributed by atoms with Gasteiger partial charge in [-0.25, -0.2) is 12.8 Å². The number of aryl methyl sites for hydroxylation is 1. The van der Waals surface area contributed by atoms with E-state index < -0.39 is 40.2 Å². The Morgan fingerprint density at radius 2 is 1.51 bits per heavy atom. The summed E-state index contributed by atoms with van der Waals surface area (Å²) in [6.07, 6.45) is 0.192. The van der Waals surface area contributed by atoms with Gasteiger partial charge in [0.15, 0.2) is 11.5 Å². The van der Waals surface area contributed by atoms with Gasteiger partial charge in [-0.05, 0) is 54.4 Å². The molecule has 0 heterocycles. The van der Waals surface area contributed by atoms with Gasteiger partial charge in [0.2, 0.25) is 11.8 Å². The molecule has 4 aromatic carbocycles. The predicted molar refractivity (Wildman–Crippen MR) is 170 cm³/mol. The van der Waals surface area contributed by atoms with Crippen molar-refractivity contribution in [3.63, 3.8) is 0 Å². The van der Waals surface area contributed by atoms with Gasteiger partial charge in [-0.1, -0.05) is 60.2 Å². The van der Waals surface area contributed by atoms with Crippen molar-refractivity contribution in [2.24, 2.45) is 0 Å². The zero-order valence-electron chi connectivity index (χ0n) is 25.6. The maximum Gasteiger partial charge on any atom is 0.264 e. The van der Waals surface area contributed by atoms with Gasteiger partial charge in [-0.2, -0.15) is 0 Å². The van der Waals surface area contributed by atoms with Crippen molar-refractivity contribution < 1.29 is 31.9 Å². The van der Waals surface area contributed by atoms with E-state index in [1.807, 2.05) is 61.5 Å². The standard InChI is InChI=1S/C34H36FN3O6S/c1-24-9-8-12-26(19-24)22-37(30(34(40)36-2)20-25-10-6-5-7-11-25)33(39)23-38(28-15-13-27(35)14-16-28)45(41,42)29-17-18-31(43-3)32(21-29)44-4/h5-19,21,30H,20,22-23H2,1-4H3,(H,36,40)/t30-/m0/s1. The SMILES string of the molecule is CNC(=O)[C@H](Cc1ccccc1)N(Cc1cccc(C)c1)C(=O)CN(c1ccc(F)cc1)S(=O)(=O)c1ccc(OC)c(OC)c1. The van der Waals surface area contributed by atoms with Crippen LogP contribution in [-0.2, 0) is 32.6 Å². The fourth-order valence-electron chi connectivity index (χ4n) is 4.97. The predicted octanol–water partition coefficient (Wildman–Crippen LogP) is 4.73. The molecular formula is C34H36FN3O6S. The Balaban J connectivity index is 1.81. The number of sulfonamides is 1. The number of rotatable bonds is 13. The van der Waals surface area contributed by atoms with Crippen LogP contribution in [0.3, 0.4) is 0 Å².